The zero-order valence-corrected chi connectivity index (χ0v) is 18.7. The van der Waals surface area contributed by atoms with Crippen LogP contribution in [0.15, 0.2) is 50.8 Å². The monoisotopic (exact) mass is 480 g/mol. The summed E-state index contributed by atoms with van der Waals surface area (Å²) in [5, 5.41) is 1.18. The molecule has 1 aliphatic rings. The molecule has 0 N–H and O–H groups in total. The van der Waals surface area contributed by atoms with Crippen LogP contribution in [0.4, 0.5) is 5.69 Å². The van der Waals surface area contributed by atoms with E-state index in [4.69, 9.17) is 21.1 Å². The van der Waals surface area contributed by atoms with Gasteiger partial charge in [-0.15, -0.1) is 0 Å². The third-order valence-corrected chi connectivity index (χ3v) is 6.30. The Kier molecular flexibility index (Phi) is 6.69. The van der Waals surface area contributed by atoms with Gasteiger partial charge in [-0.25, -0.2) is 4.99 Å². The third kappa shape index (κ3) is 4.37. The summed E-state index contributed by atoms with van der Waals surface area (Å²) >= 11 is 10.8. The SMILES string of the molecule is CCN1C(=O)/C(=C/c2ccc(OC)cc2OC)SC1=Nc1ccc(Br)c(Cl)c1. The van der Waals surface area contributed by atoms with E-state index < -0.39 is 0 Å². The topological polar surface area (TPSA) is 51.1 Å². The van der Waals surface area contributed by atoms with Gasteiger partial charge in [0.15, 0.2) is 5.17 Å². The number of amides is 1. The normalized spacial score (nSPS) is 16.9. The van der Waals surface area contributed by atoms with E-state index >= 15 is 0 Å². The fourth-order valence-electron chi connectivity index (χ4n) is 2.61. The Morgan fingerprint density at radius 1 is 1.21 bits per heavy atom. The van der Waals surface area contributed by atoms with Crippen LogP contribution < -0.4 is 9.47 Å². The number of ether oxygens (including phenoxy) is 2. The number of hydrogen-bond acceptors (Lipinski definition) is 5. The molecule has 1 fully saturated rings. The van der Waals surface area contributed by atoms with Gasteiger partial charge in [0, 0.05) is 22.6 Å². The lowest BCUT2D eigenvalue weighted by molar-refractivity contribution is -0.122. The quantitative estimate of drug-likeness (QED) is 0.511. The number of nitrogens with zero attached hydrogens (tertiary/aromatic N) is 2. The van der Waals surface area contributed by atoms with E-state index in [1.807, 2.05) is 37.3 Å². The summed E-state index contributed by atoms with van der Waals surface area (Å²) in [5.41, 5.74) is 1.48. The van der Waals surface area contributed by atoms with Gasteiger partial charge >= 0.3 is 0 Å². The predicted molar refractivity (Wildman–Crippen MR) is 119 cm³/mol. The van der Waals surface area contributed by atoms with Crippen molar-refractivity contribution in [3.05, 3.63) is 56.4 Å². The van der Waals surface area contributed by atoms with Crippen molar-refractivity contribution < 1.29 is 14.3 Å². The Labute approximate surface area is 181 Å². The molecule has 1 aliphatic heterocycles. The lowest BCUT2D eigenvalue weighted by atomic mass is 10.1. The fraction of sp³-hybridized carbons (Fsp3) is 0.200. The predicted octanol–water partition coefficient (Wildman–Crippen LogP) is 5.74. The Morgan fingerprint density at radius 2 is 2.00 bits per heavy atom. The maximum absolute atomic E-state index is 12.8. The van der Waals surface area contributed by atoms with Gasteiger partial charge in [0.05, 0.1) is 29.8 Å². The standard InChI is InChI=1S/C20H18BrClN2O3S/c1-4-24-19(25)18(9-12-5-7-14(26-2)11-17(12)27-3)28-20(24)23-13-6-8-15(21)16(22)10-13/h5-11H,4H2,1-3H3/b18-9-,23-20?. The molecular formula is C20H18BrClN2O3S. The van der Waals surface area contributed by atoms with Crippen molar-refractivity contribution in [3.8, 4) is 11.5 Å². The molecule has 146 valence electrons. The summed E-state index contributed by atoms with van der Waals surface area (Å²) in [7, 11) is 3.18. The lowest BCUT2D eigenvalue weighted by Gasteiger charge is -2.12. The minimum Gasteiger partial charge on any atom is -0.497 e. The van der Waals surface area contributed by atoms with E-state index in [2.05, 4.69) is 20.9 Å². The molecule has 0 unspecified atom stereocenters. The van der Waals surface area contributed by atoms with Crippen molar-refractivity contribution in [2.24, 2.45) is 4.99 Å². The van der Waals surface area contributed by atoms with Crippen LogP contribution in [0.2, 0.25) is 5.02 Å². The zero-order chi connectivity index (χ0) is 20.3. The van der Waals surface area contributed by atoms with E-state index in [-0.39, 0.29) is 5.91 Å². The number of carbonyl (C=O) groups is 1. The van der Waals surface area contributed by atoms with Gasteiger partial charge in [-0.3, -0.25) is 9.69 Å². The molecule has 0 radical (unpaired) electrons. The average Bonchev–Trinajstić information content (AvgIpc) is 2.99. The van der Waals surface area contributed by atoms with Gasteiger partial charge in [-0.2, -0.15) is 0 Å². The van der Waals surface area contributed by atoms with Crippen LogP contribution >= 0.6 is 39.3 Å². The number of amidine groups is 1. The lowest BCUT2D eigenvalue weighted by Crippen LogP contribution is -2.28. The molecule has 8 heteroatoms. The number of thioether (sulfide) groups is 1. The first kappa shape index (κ1) is 20.8. The smallest absolute Gasteiger partial charge is 0.266 e. The highest BCUT2D eigenvalue weighted by Gasteiger charge is 2.32. The molecule has 1 heterocycles. The zero-order valence-electron chi connectivity index (χ0n) is 15.5. The first-order valence-electron chi connectivity index (χ1n) is 8.44. The number of halogens is 2. The second-order valence-corrected chi connectivity index (χ2v) is 8.03. The van der Waals surface area contributed by atoms with E-state index in [0.717, 1.165) is 10.0 Å². The van der Waals surface area contributed by atoms with E-state index in [0.29, 0.717) is 38.8 Å². The Bertz CT molecular complexity index is 978. The Balaban J connectivity index is 1.96. The molecule has 2 aromatic rings. The molecule has 3 rings (SSSR count). The number of rotatable bonds is 5. The first-order chi connectivity index (χ1) is 13.5. The second-order valence-electron chi connectivity index (χ2n) is 5.76. The summed E-state index contributed by atoms with van der Waals surface area (Å²) in [6, 6.07) is 10.9. The summed E-state index contributed by atoms with van der Waals surface area (Å²) in [6.45, 7) is 2.44. The molecular weight excluding hydrogens is 464 g/mol. The maximum atomic E-state index is 12.8. The maximum Gasteiger partial charge on any atom is 0.266 e. The number of methoxy groups -OCH3 is 2. The van der Waals surface area contributed by atoms with Gasteiger partial charge in [0.1, 0.15) is 11.5 Å². The molecule has 2 aromatic carbocycles. The van der Waals surface area contributed by atoms with Crippen molar-refractivity contribution in [1.29, 1.82) is 0 Å². The Hall–Kier alpha value is -1.96. The van der Waals surface area contributed by atoms with Crippen molar-refractivity contribution in [2.75, 3.05) is 20.8 Å². The molecule has 0 spiro atoms. The summed E-state index contributed by atoms with van der Waals surface area (Å²) < 4.78 is 11.4. The minimum atomic E-state index is -0.0904. The highest BCUT2D eigenvalue weighted by Crippen LogP contribution is 2.37. The average molecular weight is 482 g/mol. The van der Waals surface area contributed by atoms with Crippen LogP contribution in [0, 0.1) is 0 Å². The number of aliphatic imine (C=N–C) groups is 1. The van der Waals surface area contributed by atoms with Gasteiger partial charge in [0.25, 0.3) is 5.91 Å². The summed E-state index contributed by atoms with van der Waals surface area (Å²) in [5.74, 6) is 1.23. The fourth-order valence-corrected chi connectivity index (χ4v) is 4.09. The van der Waals surface area contributed by atoms with E-state index in [1.165, 1.54) is 11.8 Å². The number of likely N-dealkylation sites (N-methyl/N-ethyl adjacent to an activating group) is 1. The second kappa shape index (κ2) is 9.03. The molecule has 5 nitrogen and oxygen atoms in total. The van der Waals surface area contributed by atoms with Gasteiger partial charge < -0.3 is 9.47 Å². The molecule has 1 amide bonds. The highest BCUT2D eigenvalue weighted by molar-refractivity contribution is 9.10. The van der Waals surface area contributed by atoms with E-state index in [9.17, 15) is 4.79 Å². The van der Waals surface area contributed by atoms with Gasteiger partial charge in [-0.1, -0.05) is 11.6 Å². The molecule has 1 saturated heterocycles. The van der Waals surface area contributed by atoms with Crippen LogP contribution in [0.5, 0.6) is 11.5 Å². The molecule has 0 atom stereocenters. The van der Waals surface area contributed by atoms with Crippen molar-refractivity contribution in [3.63, 3.8) is 0 Å². The third-order valence-electron chi connectivity index (χ3n) is 4.06. The molecule has 0 bridgehead atoms. The van der Waals surface area contributed by atoms with Gasteiger partial charge in [0.2, 0.25) is 0 Å². The molecule has 0 aliphatic carbocycles. The number of benzene rings is 2. The van der Waals surface area contributed by atoms with Crippen molar-refractivity contribution in [2.45, 2.75) is 6.92 Å². The van der Waals surface area contributed by atoms with Crippen LogP contribution in [-0.2, 0) is 4.79 Å². The molecule has 0 aromatic heterocycles. The largest absolute Gasteiger partial charge is 0.497 e. The van der Waals surface area contributed by atoms with E-state index in [1.54, 1.807) is 31.3 Å². The number of carbonyl (C=O) groups excluding carboxylic acids is 1. The van der Waals surface area contributed by atoms with Crippen LogP contribution in [-0.4, -0.2) is 36.7 Å². The van der Waals surface area contributed by atoms with Crippen LogP contribution in [0.1, 0.15) is 12.5 Å². The summed E-state index contributed by atoms with van der Waals surface area (Å²) in [4.78, 5) is 19.7. The van der Waals surface area contributed by atoms with Crippen molar-refractivity contribution in [1.82, 2.24) is 4.90 Å². The summed E-state index contributed by atoms with van der Waals surface area (Å²) in [6.07, 6.45) is 1.81. The molecule has 0 saturated carbocycles. The highest BCUT2D eigenvalue weighted by atomic mass is 79.9. The van der Waals surface area contributed by atoms with Crippen LogP contribution in [0.3, 0.4) is 0 Å². The molecule has 28 heavy (non-hydrogen) atoms. The Morgan fingerprint density at radius 3 is 2.64 bits per heavy atom. The van der Waals surface area contributed by atoms with Gasteiger partial charge in [-0.05, 0) is 71.0 Å². The first-order valence-corrected chi connectivity index (χ1v) is 10.4. The van der Waals surface area contributed by atoms with Crippen molar-refractivity contribution >= 4 is 62.1 Å². The van der Waals surface area contributed by atoms with Crippen LogP contribution in [0.25, 0.3) is 6.08 Å². The minimum absolute atomic E-state index is 0.0904. The number of hydrogen-bond donors (Lipinski definition) is 0.